The number of hydrogen-bond donors (Lipinski definition) is 0. The van der Waals surface area contributed by atoms with Crippen LogP contribution in [0.4, 0.5) is 11.6 Å². The first-order valence-corrected chi connectivity index (χ1v) is 10.5. The van der Waals surface area contributed by atoms with Crippen LogP contribution in [0.5, 0.6) is 0 Å². The normalized spacial score (nSPS) is 15.5. The van der Waals surface area contributed by atoms with Crippen molar-refractivity contribution in [1.82, 2.24) is 14.9 Å². The summed E-state index contributed by atoms with van der Waals surface area (Å²) in [5, 5.41) is 0. The van der Waals surface area contributed by atoms with E-state index in [0.717, 1.165) is 25.5 Å². The minimum Gasteiger partial charge on any atom is -0.353 e. The lowest BCUT2D eigenvalue weighted by atomic mass is 10.2. The second-order valence-corrected chi connectivity index (χ2v) is 8.82. The van der Waals surface area contributed by atoms with Crippen molar-refractivity contribution >= 4 is 21.5 Å². The van der Waals surface area contributed by atoms with Crippen molar-refractivity contribution in [2.45, 2.75) is 11.4 Å². The Bertz CT molecular complexity index is 844. The van der Waals surface area contributed by atoms with Crippen LogP contribution >= 0.6 is 0 Å². The minimum atomic E-state index is -3.30. The molecule has 1 saturated heterocycles. The van der Waals surface area contributed by atoms with Gasteiger partial charge in [0.25, 0.3) is 0 Å². The van der Waals surface area contributed by atoms with E-state index in [0.29, 0.717) is 23.8 Å². The van der Waals surface area contributed by atoms with Gasteiger partial charge in [-0.1, -0.05) is 6.07 Å². The predicted molar refractivity (Wildman–Crippen MR) is 103 cm³/mol. The third-order valence-corrected chi connectivity index (χ3v) is 5.48. The quantitative estimate of drug-likeness (QED) is 0.779. The molecule has 0 N–H and O–H groups in total. The Balaban J connectivity index is 1.68. The molecule has 0 aromatic carbocycles. The van der Waals surface area contributed by atoms with Crippen LogP contribution in [0.15, 0.2) is 41.6 Å². The molecule has 3 heterocycles. The highest BCUT2D eigenvalue weighted by atomic mass is 32.2. The predicted octanol–water partition coefficient (Wildman–Crippen LogP) is 1.27. The number of rotatable bonds is 5. The zero-order chi connectivity index (χ0) is 18.7. The van der Waals surface area contributed by atoms with Crippen molar-refractivity contribution in [3.8, 4) is 0 Å². The van der Waals surface area contributed by atoms with Gasteiger partial charge in [0, 0.05) is 51.4 Å². The first-order valence-electron chi connectivity index (χ1n) is 8.59. The third kappa shape index (κ3) is 4.31. The Morgan fingerprint density at radius 2 is 1.73 bits per heavy atom. The van der Waals surface area contributed by atoms with Gasteiger partial charge in [0.1, 0.15) is 16.5 Å². The summed E-state index contributed by atoms with van der Waals surface area (Å²) in [6, 6.07) is 7.44. The molecule has 8 heteroatoms. The van der Waals surface area contributed by atoms with Gasteiger partial charge >= 0.3 is 0 Å². The van der Waals surface area contributed by atoms with Crippen LogP contribution in [-0.2, 0) is 16.4 Å². The summed E-state index contributed by atoms with van der Waals surface area (Å²) in [7, 11) is 0.777. The van der Waals surface area contributed by atoms with E-state index in [1.54, 1.807) is 18.3 Å². The molecule has 0 aliphatic carbocycles. The zero-order valence-corrected chi connectivity index (χ0v) is 16.3. The molecule has 140 valence electrons. The van der Waals surface area contributed by atoms with E-state index >= 15 is 0 Å². The summed E-state index contributed by atoms with van der Waals surface area (Å²) >= 11 is 0. The largest absolute Gasteiger partial charge is 0.353 e. The number of aromatic nitrogens is 2. The third-order valence-electron chi connectivity index (χ3n) is 4.36. The SMILES string of the molecule is CN(C)Cc1ccc(N2CCN(c3ncccc3S(C)(=O)=O)CC2)nc1. The molecule has 2 aromatic heterocycles. The van der Waals surface area contributed by atoms with Crippen molar-refractivity contribution in [3.63, 3.8) is 0 Å². The van der Waals surface area contributed by atoms with Crippen LogP contribution in [0.1, 0.15) is 5.56 Å². The highest BCUT2D eigenvalue weighted by Crippen LogP contribution is 2.24. The van der Waals surface area contributed by atoms with Crippen molar-refractivity contribution in [1.29, 1.82) is 0 Å². The Morgan fingerprint density at radius 1 is 1.04 bits per heavy atom. The Labute approximate surface area is 155 Å². The molecule has 2 aromatic rings. The highest BCUT2D eigenvalue weighted by molar-refractivity contribution is 7.90. The molecule has 0 amide bonds. The summed E-state index contributed by atoms with van der Waals surface area (Å²) in [5.41, 5.74) is 1.18. The van der Waals surface area contributed by atoms with E-state index in [2.05, 4.69) is 31.9 Å². The standard InChI is InChI=1S/C18H25N5O2S/c1-21(2)14-15-6-7-17(20-13-15)22-9-11-23(12-10-22)18-16(26(3,24)25)5-4-8-19-18/h4-8,13H,9-12,14H2,1-3H3. The van der Waals surface area contributed by atoms with E-state index in [4.69, 9.17) is 0 Å². The van der Waals surface area contributed by atoms with Crippen molar-refractivity contribution in [2.24, 2.45) is 0 Å². The lowest BCUT2D eigenvalue weighted by Gasteiger charge is -2.36. The molecule has 0 bridgehead atoms. The van der Waals surface area contributed by atoms with Crippen LogP contribution in [0, 0.1) is 0 Å². The van der Waals surface area contributed by atoms with Gasteiger partial charge in [0.2, 0.25) is 0 Å². The van der Waals surface area contributed by atoms with Gasteiger partial charge < -0.3 is 14.7 Å². The van der Waals surface area contributed by atoms with Crippen LogP contribution < -0.4 is 9.80 Å². The second-order valence-electron chi connectivity index (χ2n) is 6.83. The van der Waals surface area contributed by atoms with Crippen LogP contribution in [-0.4, -0.2) is 69.8 Å². The molecule has 3 rings (SSSR count). The molecule has 7 nitrogen and oxygen atoms in total. The van der Waals surface area contributed by atoms with Gasteiger partial charge in [-0.15, -0.1) is 0 Å². The average Bonchev–Trinajstić information content (AvgIpc) is 2.61. The van der Waals surface area contributed by atoms with Gasteiger partial charge in [0.05, 0.1) is 0 Å². The fourth-order valence-corrected chi connectivity index (χ4v) is 3.96. The number of piperazine rings is 1. The first kappa shape index (κ1) is 18.6. The number of nitrogens with zero attached hydrogens (tertiary/aromatic N) is 5. The zero-order valence-electron chi connectivity index (χ0n) is 15.5. The number of anilines is 2. The van der Waals surface area contributed by atoms with Gasteiger partial charge in [-0.3, -0.25) is 0 Å². The second kappa shape index (κ2) is 7.59. The fourth-order valence-electron chi connectivity index (χ4n) is 3.12. The monoisotopic (exact) mass is 375 g/mol. The number of hydrogen-bond acceptors (Lipinski definition) is 7. The maximum absolute atomic E-state index is 12.0. The van der Waals surface area contributed by atoms with E-state index in [1.807, 2.05) is 25.2 Å². The van der Waals surface area contributed by atoms with E-state index < -0.39 is 9.84 Å². The van der Waals surface area contributed by atoms with Crippen molar-refractivity contribution in [2.75, 3.05) is 56.3 Å². The molecule has 26 heavy (non-hydrogen) atoms. The first-order chi connectivity index (χ1) is 12.3. The molecule has 1 aliphatic rings. The summed E-state index contributed by atoms with van der Waals surface area (Å²) in [4.78, 5) is 15.6. The van der Waals surface area contributed by atoms with Crippen molar-refractivity contribution < 1.29 is 8.42 Å². The maximum atomic E-state index is 12.0. The summed E-state index contributed by atoms with van der Waals surface area (Å²) in [5.74, 6) is 1.50. The molecule has 0 atom stereocenters. The molecule has 0 radical (unpaired) electrons. The summed E-state index contributed by atoms with van der Waals surface area (Å²) < 4.78 is 24.0. The molecular formula is C18H25N5O2S. The van der Waals surface area contributed by atoms with Gasteiger partial charge in [0.15, 0.2) is 9.84 Å². The van der Waals surface area contributed by atoms with Gasteiger partial charge in [-0.05, 0) is 37.9 Å². The van der Waals surface area contributed by atoms with E-state index in [-0.39, 0.29) is 0 Å². The van der Waals surface area contributed by atoms with Gasteiger partial charge in [-0.25, -0.2) is 18.4 Å². The van der Waals surface area contributed by atoms with Crippen LogP contribution in [0.3, 0.4) is 0 Å². The Morgan fingerprint density at radius 3 is 2.31 bits per heavy atom. The number of sulfone groups is 1. The van der Waals surface area contributed by atoms with Crippen LogP contribution in [0.25, 0.3) is 0 Å². The summed E-state index contributed by atoms with van der Waals surface area (Å²) in [6.07, 6.45) is 4.78. The topological polar surface area (TPSA) is 69.6 Å². The molecule has 0 saturated carbocycles. The molecule has 0 spiro atoms. The van der Waals surface area contributed by atoms with E-state index in [9.17, 15) is 8.42 Å². The molecule has 1 fully saturated rings. The van der Waals surface area contributed by atoms with E-state index in [1.165, 1.54) is 11.8 Å². The van der Waals surface area contributed by atoms with Crippen molar-refractivity contribution in [3.05, 3.63) is 42.2 Å². The van der Waals surface area contributed by atoms with Crippen LogP contribution in [0.2, 0.25) is 0 Å². The lowest BCUT2D eigenvalue weighted by molar-refractivity contribution is 0.402. The number of pyridine rings is 2. The molecule has 0 unspecified atom stereocenters. The molecule has 1 aliphatic heterocycles. The molecular weight excluding hydrogens is 350 g/mol. The average molecular weight is 375 g/mol. The highest BCUT2D eigenvalue weighted by Gasteiger charge is 2.24. The summed E-state index contributed by atoms with van der Waals surface area (Å²) in [6.45, 7) is 3.84. The minimum absolute atomic E-state index is 0.291. The van der Waals surface area contributed by atoms with Gasteiger partial charge in [-0.2, -0.15) is 0 Å². The lowest BCUT2D eigenvalue weighted by Crippen LogP contribution is -2.47. The smallest absolute Gasteiger partial charge is 0.179 e. The Kier molecular flexibility index (Phi) is 5.43. The Hall–Kier alpha value is -2.19. The fraction of sp³-hybridized carbons (Fsp3) is 0.444. The maximum Gasteiger partial charge on any atom is 0.179 e.